The van der Waals surface area contributed by atoms with E-state index in [4.69, 9.17) is 9.47 Å². The molecule has 0 atom stereocenters. The van der Waals surface area contributed by atoms with Crippen LogP contribution in [0, 0.1) is 0 Å². The summed E-state index contributed by atoms with van der Waals surface area (Å²) in [5.74, 6) is 0.875. The lowest BCUT2D eigenvalue weighted by Gasteiger charge is -2.29. The molecule has 2 amide bonds. The van der Waals surface area contributed by atoms with Gasteiger partial charge in [-0.25, -0.2) is 4.98 Å². The number of ether oxygens (including phenoxy) is 2. The van der Waals surface area contributed by atoms with E-state index in [1.54, 1.807) is 37.3 Å². The second kappa shape index (κ2) is 8.73. The molecule has 1 aromatic carbocycles. The zero-order chi connectivity index (χ0) is 20.1. The average molecular weight is 383 g/mol. The zero-order valence-corrected chi connectivity index (χ0v) is 16.4. The Kier molecular flexibility index (Phi) is 6.13. The Hall–Kier alpha value is -3.09. The third-order valence-corrected chi connectivity index (χ3v) is 4.74. The van der Waals surface area contributed by atoms with Crippen molar-refractivity contribution >= 4 is 11.8 Å². The van der Waals surface area contributed by atoms with Crippen LogP contribution in [0.2, 0.25) is 0 Å². The molecule has 3 rings (SSSR count). The van der Waals surface area contributed by atoms with Gasteiger partial charge in [0.2, 0.25) is 0 Å². The Morgan fingerprint density at radius 2 is 1.79 bits per heavy atom. The molecule has 0 radical (unpaired) electrons. The number of benzene rings is 1. The van der Waals surface area contributed by atoms with E-state index in [2.05, 4.69) is 10.3 Å². The molecule has 7 nitrogen and oxygen atoms in total. The highest BCUT2D eigenvalue weighted by atomic mass is 16.5. The minimum absolute atomic E-state index is 0.189. The molecule has 1 N–H and O–H groups in total. The molecule has 1 aliphatic rings. The van der Waals surface area contributed by atoms with Gasteiger partial charge in [0, 0.05) is 19.6 Å². The summed E-state index contributed by atoms with van der Waals surface area (Å²) in [6.45, 7) is 3.59. The molecule has 0 saturated carbocycles. The van der Waals surface area contributed by atoms with Crippen molar-refractivity contribution < 1.29 is 19.1 Å². The maximum Gasteiger partial charge on any atom is 0.272 e. The highest BCUT2D eigenvalue weighted by Crippen LogP contribution is 2.33. The minimum atomic E-state index is -0.266. The van der Waals surface area contributed by atoms with E-state index in [0.29, 0.717) is 31.1 Å². The van der Waals surface area contributed by atoms with Gasteiger partial charge in [-0.05, 0) is 48.2 Å². The third kappa shape index (κ3) is 4.08. The summed E-state index contributed by atoms with van der Waals surface area (Å²) in [6.07, 6.45) is 1.56. The van der Waals surface area contributed by atoms with Crippen molar-refractivity contribution in [2.45, 2.75) is 26.3 Å². The van der Waals surface area contributed by atoms with Crippen molar-refractivity contribution in [3.8, 4) is 11.5 Å². The molecule has 7 heteroatoms. The second-order valence-electron chi connectivity index (χ2n) is 6.62. The number of methoxy groups -OCH3 is 2. The lowest BCUT2D eigenvalue weighted by molar-refractivity contribution is 0.0728. The van der Waals surface area contributed by atoms with Gasteiger partial charge in [-0.15, -0.1) is 0 Å². The van der Waals surface area contributed by atoms with Crippen molar-refractivity contribution in [1.29, 1.82) is 0 Å². The molecule has 148 valence electrons. The van der Waals surface area contributed by atoms with Gasteiger partial charge in [-0.2, -0.15) is 0 Å². The number of amides is 2. The first-order valence-electron chi connectivity index (χ1n) is 9.35. The predicted octanol–water partition coefficient (Wildman–Crippen LogP) is 2.44. The zero-order valence-electron chi connectivity index (χ0n) is 16.4. The first-order valence-corrected chi connectivity index (χ1v) is 9.35. The van der Waals surface area contributed by atoms with Crippen molar-refractivity contribution in [3.05, 3.63) is 52.8 Å². The van der Waals surface area contributed by atoms with Crippen LogP contribution in [0.1, 0.15) is 45.4 Å². The van der Waals surface area contributed by atoms with Crippen molar-refractivity contribution in [2.75, 3.05) is 27.3 Å². The number of aromatic nitrogens is 1. The summed E-state index contributed by atoms with van der Waals surface area (Å²) in [5.41, 5.74) is 2.69. The van der Waals surface area contributed by atoms with Crippen LogP contribution in [0.3, 0.4) is 0 Å². The van der Waals surface area contributed by atoms with Crippen LogP contribution >= 0.6 is 0 Å². The number of carbonyl (C=O) groups excluding carboxylic acids is 2. The molecule has 1 aromatic heterocycles. The van der Waals surface area contributed by atoms with Gasteiger partial charge in [0.1, 0.15) is 11.4 Å². The normalized spacial score (nSPS) is 12.9. The molecule has 0 aliphatic carbocycles. The smallest absolute Gasteiger partial charge is 0.272 e. The lowest BCUT2D eigenvalue weighted by atomic mass is 9.98. The highest BCUT2D eigenvalue weighted by Gasteiger charge is 2.25. The molecule has 0 fully saturated rings. The van der Waals surface area contributed by atoms with Gasteiger partial charge in [0.25, 0.3) is 11.8 Å². The van der Waals surface area contributed by atoms with Gasteiger partial charge < -0.3 is 19.7 Å². The fraction of sp³-hybridized carbons (Fsp3) is 0.381. The molecule has 28 heavy (non-hydrogen) atoms. The maximum absolute atomic E-state index is 13.0. The van der Waals surface area contributed by atoms with E-state index in [1.165, 1.54) is 0 Å². The van der Waals surface area contributed by atoms with Crippen molar-refractivity contribution in [2.24, 2.45) is 0 Å². The maximum atomic E-state index is 13.0. The van der Waals surface area contributed by atoms with Gasteiger partial charge >= 0.3 is 0 Å². The van der Waals surface area contributed by atoms with Crippen LogP contribution in [0.5, 0.6) is 11.5 Å². The monoisotopic (exact) mass is 383 g/mol. The Bertz CT molecular complexity index is 882. The van der Waals surface area contributed by atoms with E-state index >= 15 is 0 Å². The van der Waals surface area contributed by atoms with Crippen LogP contribution in [-0.4, -0.2) is 49.0 Å². The number of nitrogens with zero attached hydrogens (tertiary/aromatic N) is 2. The quantitative estimate of drug-likeness (QED) is 0.829. The molecule has 0 bridgehead atoms. The Labute approximate surface area is 164 Å². The van der Waals surface area contributed by atoms with Crippen molar-refractivity contribution in [1.82, 2.24) is 15.2 Å². The summed E-state index contributed by atoms with van der Waals surface area (Å²) >= 11 is 0. The Morgan fingerprint density at radius 3 is 2.46 bits per heavy atom. The summed E-state index contributed by atoms with van der Waals surface area (Å²) < 4.78 is 10.7. The first-order chi connectivity index (χ1) is 13.6. The van der Waals surface area contributed by atoms with Crippen LogP contribution in [0.25, 0.3) is 0 Å². The molecular formula is C21H25N3O4. The highest BCUT2D eigenvalue weighted by molar-refractivity contribution is 5.96. The Morgan fingerprint density at radius 1 is 1.11 bits per heavy atom. The summed E-state index contributed by atoms with van der Waals surface area (Å²) in [4.78, 5) is 31.1. The molecule has 0 unspecified atom stereocenters. The van der Waals surface area contributed by atoms with E-state index in [0.717, 1.165) is 24.0 Å². The van der Waals surface area contributed by atoms with Gasteiger partial charge in [0.15, 0.2) is 11.5 Å². The van der Waals surface area contributed by atoms with Gasteiger partial charge in [-0.1, -0.05) is 13.0 Å². The number of nitrogens with one attached hydrogen (secondary N) is 1. The minimum Gasteiger partial charge on any atom is -0.493 e. The van der Waals surface area contributed by atoms with Crippen LogP contribution in [-0.2, 0) is 13.0 Å². The standard InChI is InChI=1S/C21H25N3O4/c1-4-9-22-20(25)16-6-5-7-17(23-16)21(26)24-10-8-14-11-18(27-2)19(28-3)12-15(14)13-24/h5-7,11-12H,4,8-10,13H2,1-3H3,(H,22,25). The predicted molar refractivity (Wildman–Crippen MR) is 105 cm³/mol. The largest absolute Gasteiger partial charge is 0.493 e. The van der Waals surface area contributed by atoms with E-state index in [-0.39, 0.29) is 23.2 Å². The molecule has 2 aromatic rings. The lowest BCUT2D eigenvalue weighted by Crippen LogP contribution is -2.36. The molecule has 2 heterocycles. The van der Waals surface area contributed by atoms with Crippen LogP contribution < -0.4 is 14.8 Å². The van der Waals surface area contributed by atoms with Gasteiger partial charge in [-0.3, -0.25) is 9.59 Å². The number of carbonyl (C=O) groups is 2. The number of pyridine rings is 1. The topological polar surface area (TPSA) is 80.8 Å². The average Bonchev–Trinajstić information content (AvgIpc) is 2.75. The van der Waals surface area contributed by atoms with Gasteiger partial charge in [0.05, 0.1) is 14.2 Å². The number of fused-ring (bicyclic) bond motifs is 1. The van der Waals surface area contributed by atoms with E-state index < -0.39 is 0 Å². The van der Waals surface area contributed by atoms with E-state index in [9.17, 15) is 9.59 Å². The number of hydrogen-bond donors (Lipinski definition) is 1. The van der Waals surface area contributed by atoms with Crippen molar-refractivity contribution in [3.63, 3.8) is 0 Å². The summed E-state index contributed by atoms with van der Waals surface area (Å²) in [7, 11) is 3.20. The van der Waals surface area contributed by atoms with Crippen LogP contribution in [0.15, 0.2) is 30.3 Å². The SMILES string of the molecule is CCCNC(=O)c1cccc(C(=O)N2CCc3cc(OC)c(OC)cc3C2)n1. The number of rotatable bonds is 6. The summed E-state index contributed by atoms with van der Waals surface area (Å²) in [6, 6.07) is 8.82. The van der Waals surface area contributed by atoms with E-state index in [1.807, 2.05) is 19.1 Å². The Balaban J connectivity index is 1.78. The fourth-order valence-electron chi connectivity index (χ4n) is 3.23. The first kappa shape index (κ1) is 19.7. The molecule has 0 saturated heterocycles. The molecule has 1 aliphatic heterocycles. The molecule has 0 spiro atoms. The summed E-state index contributed by atoms with van der Waals surface area (Å²) in [5, 5.41) is 2.78. The third-order valence-electron chi connectivity index (χ3n) is 4.74. The van der Waals surface area contributed by atoms with Crippen LogP contribution in [0.4, 0.5) is 0 Å². The second-order valence-corrected chi connectivity index (χ2v) is 6.62. The molecular weight excluding hydrogens is 358 g/mol. The number of hydrogen-bond acceptors (Lipinski definition) is 5. The fourth-order valence-corrected chi connectivity index (χ4v) is 3.23.